The first-order valence-corrected chi connectivity index (χ1v) is 11.9. The molecule has 2 aliphatic heterocycles. The average Bonchev–Trinajstić information content (AvgIpc) is 3.04. The molecule has 0 saturated carbocycles. The predicted molar refractivity (Wildman–Crippen MR) is 110 cm³/mol. The van der Waals surface area contributed by atoms with E-state index >= 15 is 0 Å². The third-order valence-corrected chi connectivity index (χ3v) is 12.0. The van der Waals surface area contributed by atoms with Crippen LogP contribution in [0.3, 0.4) is 0 Å². The molecule has 2 heterocycles. The first-order chi connectivity index (χ1) is 12.4. The van der Waals surface area contributed by atoms with Crippen molar-refractivity contribution in [2.45, 2.75) is 57.7 Å². The van der Waals surface area contributed by atoms with Gasteiger partial charge >= 0.3 is 156 Å². The molecule has 138 valence electrons. The minimum atomic E-state index is -3.29. The maximum absolute atomic E-state index is 13.1. The molecule has 2 aliphatic rings. The second kappa shape index (κ2) is 5.90. The first kappa shape index (κ1) is 17.7. The Bertz CT molecular complexity index is 850. The summed E-state index contributed by atoms with van der Waals surface area (Å²) in [6, 6.07) is 18.5. The van der Waals surface area contributed by atoms with Crippen molar-refractivity contribution in [2.24, 2.45) is 0 Å². The Morgan fingerprint density at radius 1 is 1.12 bits per heavy atom. The SMILES string of the molecule is CCCC[C@H]1CC(C)(C)OP12(c1ccccc1)NC(=O)c1ccccc12. The van der Waals surface area contributed by atoms with Crippen molar-refractivity contribution >= 4 is 23.5 Å². The van der Waals surface area contributed by atoms with Crippen molar-refractivity contribution in [3.05, 3.63) is 60.2 Å². The van der Waals surface area contributed by atoms with Gasteiger partial charge in [0.25, 0.3) is 0 Å². The zero-order valence-corrected chi connectivity index (χ0v) is 16.8. The predicted octanol–water partition coefficient (Wildman–Crippen LogP) is 4.52. The standard InChI is InChI=1S/C22H28NO2P/c1-4-5-11-18-16-22(2,3)25-26(18,17-12-7-6-8-13-17)20-15-10-9-14-19(20)21(24)23-26/h6-10,12-15,18H,4-5,11,16H2,1-3H3,(H,23,24)/t18-/m0/s1. The van der Waals surface area contributed by atoms with Crippen molar-refractivity contribution in [1.29, 1.82) is 0 Å². The van der Waals surface area contributed by atoms with E-state index in [0.29, 0.717) is 5.66 Å². The number of unbranched alkanes of at least 4 members (excludes halogenated alkanes) is 1. The van der Waals surface area contributed by atoms with Gasteiger partial charge in [0, 0.05) is 0 Å². The van der Waals surface area contributed by atoms with E-state index in [2.05, 4.69) is 56.2 Å². The number of carbonyl (C=O) groups is 1. The zero-order valence-electron chi connectivity index (χ0n) is 15.9. The number of benzene rings is 2. The summed E-state index contributed by atoms with van der Waals surface area (Å²) in [5, 5.41) is 5.76. The van der Waals surface area contributed by atoms with Crippen LogP contribution < -0.4 is 15.7 Å². The normalized spacial score (nSPS) is 26.0. The summed E-state index contributed by atoms with van der Waals surface area (Å²) in [4.78, 5) is 13.1. The Morgan fingerprint density at radius 2 is 1.81 bits per heavy atom. The van der Waals surface area contributed by atoms with E-state index in [0.717, 1.165) is 41.9 Å². The summed E-state index contributed by atoms with van der Waals surface area (Å²) in [5.41, 5.74) is 0.829. The van der Waals surface area contributed by atoms with Gasteiger partial charge in [0.15, 0.2) is 0 Å². The third kappa shape index (κ3) is 2.23. The number of hydrogen-bond donors (Lipinski definition) is 1. The van der Waals surface area contributed by atoms with E-state index in [-0.39, 0.29) is 11.5 Å². The van der Waals surface area contributed by atoms with Crippen LogP contribution in [0.15, 0.2) is 54.6 Å². The molecule has 1 fully saturated rings. The van der Waals surface area contributed by atoms with E-state index in [4.69, 9.17) is 4.52 Å². The Kier molecular flexibility index (Phi) is 4.02. The van der Waals surface area contributed by atoms with E-state index < -0.39 is 6.98 Å². The molecule has 2 aromatic rings. The van der Waals surface area contributed by atoms with Crippen LogP contribution >= 0.6 is 6.98 Å². The van der Waals surface area contributed by atoms with E-state index in [1.165, 1.54) is 0 Å². The summed E-state index contributed by atoms with van der Waals surface area (Å²) in [6.45, 7) is 3.27. The van der Waals surface area contributed by atoms with E-state index in [1.807, 2.05) is 24.3 Å². The van der Waals surface area contributed by atoms with Gasteiger partial charge in [-0.25, -0.2) is 0 Å². The Hall–Kier alpha value is -1.70. The molecule has 0 aromatic heterocycles. The van der Waals surface area contributed by atoms with Gasteiger partial charge in [0.05, 0.1) is 0 Å². The van der Waals surface area contributed by atoms with Crippen LogP contribution in [-0.4, -0.2) is 17.2 Å². The van der Waals surface area contributed by atoms with Gasteiger partial charge in [0.2, 0.25) is 0 Å². The van der Waals surface area contributed by atoms with Gasteiger partial charge < -0.3 is 0 Å². The van der Waals surface area contributed by atoms with Crippen molar-refractivity contribution in [1.82, 2.24) is 5.09 Å². The summed E-state index contributed by atoms with van der Waals surface area (Å²) in [6.07, 6.45) is 4.33. The van der Waals surface area contributed by atoms with Crippen LogP contribution in [0.1, 0.15) is 56.8 Å². The molecule has 2 aromatic carbocycles. The van der Waals surface area contributed by atoms with Crippen LogP contribution in [0.4, 0.5) is 0 Å². The number of fused-ring (bicyclic) bond motifs is 2. The second-order valence-electron chi connectivity index (χ2n) is 8.25. The number of amides is 1. The summed E-state index contributed by atoms with van der Waals surface area (Å²) in [7, 11) is 0. The van der Waals surface area contributed by atoms with E-state index in [1.54, 1.807) is 0 Å². The molecule has 1 atom stereocenters. The number of nitrogens with one attached hydrogen (secondary N) is 1. The van der Waals surface area contributed by atoms with Gasteiger partial charge in [-0.1, -0.05) is 0 Å². The van der Waals surface area contributed by atoms with Gasteiger partial charge in [0.1, 0.15) is 0 Å². The van der Waals surface area contributed by atoms with E-state index in [9.17, 15) is 4.79 Å². The molecule has 0 unspecified atom stereocenters. The molecule has 4 heteroatoms. The maximum atomic E-state index is 13.1. The van der Waals surface area contributed by atoms with Gasteiger partial charge in [-0.05, 0) is 0 Å². The molecular weight excluding hydrogens is 341 g/mol. The van der Waals surface area contributed by atoms with Gasteiger partial charge in [-0.2, -0.15) is 0 Å². The Morgan fingerprint density at radius 3 is 2.54 bits per heavy atom. The molecule has 1 amide bonds. The Labute approximate surface area is 156 Å². The molecular formula is C22H28NO2P. The van der Waals surface area contributed by atoms with Crippen LogP contribution in [0.5, 0.6) is 0 Å². The fraction of sp³-hybridized carbons (Fsp3) is 0.409. The molecule has 1 saturated heterocycles. The summed E-state index contributed by atoms with van der Waals surface area (Å²) >= 11 is 0. The van der Waals surface area contributed by atoms with Crippen LogP contribution in [-0.2, 0) is 4.52 Å². The molecule has 0 radical (unpaired) electrons. The van der Waals surface area contributed by atoms with Gasteiger partial charge in [-0.3, -0.25) is 0 Å². The monoisotopic (exact) mass is 369 g/mol. The topological polar surface area (TPSA) is 38.3 Å². The second-order valence-corrected chi connectivity index (χ2v) is 12.6. The van der Waals surface area contributed by atoms with Gasteiger partial charge in [-0.15, -0.1) is 0 Å². The van der Waals surface area contributed by atoms with Crippen LogP contribution in [0.25, 0.3) is 0 Å². The van der Waals surface area contributed by atoms with Crippen molar-refractivity contribution in [3.63, 3.8) is 0 Å². The Balaban J connectivity index is 2.06. The fourth-order valence-corrected chi connectivity index (χ4v) is 11.9. The molecule has 3 nitrogen and oxygen atoms in total. The summed E-state index contributed by atoms with van der Waals surface area (Å²) in [5.74, 6) is 0.0151. The average molecular weight is 369 g/mol. The third-order valence-electron chi connectivity index (χ3n) is 5.97. The first-order valence-electron chi connectivity index (χ1n) is 9.64. The quantitative estimate of drug-likeness (QED) is 0.805. The fourth-order valence-electron chi connectivity index (χ4n) is 5.08. The summed E-state index contributed by atoms with van der Waals surface area (Å²) < 4.78 is 7.08. The van der Waals surface area contributed by atoms with Crippen molar-refractivity contribution < 1.29 is 9.32 Å². The molecule has 26 heavy (non-hydrogen) atoms. The van der Waals surface area contributed by atoms with Crippen LogP contribution in [0, 0.1) is 0 Å². The number of rotatable bonds is 4. The molecule has 0 bridgehead atoms. The molecule has 1 N–H and O–H groups in total. The van der Waals surface area contributed by atoms with Crippen LogP contribution in [0.2, 0.25) is 0 Å². The number of carbonyl (C=O) groups excluding carboxylic acids is 1. The number of hydrogen-bond acceptors (Lipinski definition) is 2. The van der Waals surface area contributed by atoms with Crippen molar-refractivity contribution in [3.8, 4) is 0 Å². The van der Waals surface area contributed by atoms with Crippen molar-refractivity contribution in [2.75, 3.05) is 0 Å². The molecule has 1 spiro atoms. The zero-order chi connectivity index (χ0) is 18.4. The molecule has 4 rings (SSSR count). The minimum absolute atomic E-state index is 0.0151. The molecule has 0 aliphatic carbocycles.